The normalized spacial score (nSPS) is 16.6. The minimum Gasteiger partial charge on any atom is -0.346 e. The van der Waals surface area contributed by atoms with Gasteiger partial charge in [-0.1, -0.05) is 30.3 Å². The highest BCUT2D eigenvalue weighted by Crippen LogP contribution is 2.23. The van der Waals surface area contributed by atoms with Gasteiger partial charge in [0.1, 0.15) is 0 Å². The van der Waals surface area contributed by atoms with Gasteiger partial charge in [-0.25, -0.2) is 4.98 Å². The van der Waals surface area contributed by atoms with Crippen LogP contribution in [0.1, 0.15) is 11.3 Å². The van der Waals surface area contributed by atoms with Gasteiger partial charge >= 0.3 is 0 Å². The number of anilines is 1. The molecule has 2 aromatic rings. The first-order valence-corrected chi connectivity index (χ1v) is 8.28. The molecule has 0 radical (unpaired) electrons. The molecule has 0 aliphatic carbocycles. The summed E-state index contributed by atoms with van der Waals surface area (Å²) in [6, 6.07) is 10.7. The predicted molar refractivity (Wildman–Crippen MR) is 85.6 cm³/mol. The molecule has 0 amide bonds. The molecule has 3 nitrogen and oxygen atoms in total. The van der Waals surface area contributed by atoms with E-state index in [0.717, 1.165) is 43.5 Å². The van der Waals surface area contributed by atoms with Gasteiger partial charge in [0.05, 0.1) is 11.6 Å². The lowest BCUT2D eigenvalue weighted by Gasteiger charge is -2.34. The Morgan fingerprint density at radius 3 is 2.50 bits per heavy atom. The van der Waals surface area contributed by atoms with Crippen LogP contribution in [0.15, 0.2) is 35.7 Å². The second-order valence-corrected chi connectivity index (χ2v) is 6.11. The van der Waals surface area contributed by atoms with Crippen LogP contribution in [-0.2, 0) is 12.4 Å². The summed E-state index contributed by atoms with van der Waals surface area (Å²) in [5, 5.41) is 3.17. The third-order valence-electron chi connectivity index (χ3n) is 3.57. The zero-order valence-electron chi connectivity index (χ0n) is 11.3. The number of piperazine rings is 1. The molecule has 3 rings (SSSR count). The van der Waals surface area contributed by atoms with Gasteiger partial charge in [-0.2, -0.15) is 0 Å². The number of hydrogen-bond donors (Lipinski definition) is 0. The number of aromatic nitrogens is 1. The molecule has 5 heteroatoms. The monoisotopic (exact) mass is 307 g/mol. The molecule has 0 N–H and O–H groups in total. The summed E-state index contributed by atoms with van der Waals surface area (Å²) in [5.41, 5.74) is 2.37. The maximum atomic E-state index is 5.81. The fourth-order valence-corrected chi connectivity index (χ4v) is 3.55. The van der Waals surface area contributed by atoms with Crippen molar-refractivity contribution in [2.45, 2.75) is 12.4 Å². The van der Waals surface area contributed by atoms with Crippen LogP contribution in [0.25, 0.3) is 0 Å². The summed E-state index contributed by atoms with van der Waals surface area (Å²) in [5.74, 6) is 0.504. The number of benzene rings is 1. The lowest BCUT2D eigenvalue weighted by Crippen LogP contribution is -2.45. The van der Waals surface area contributed by atoms with Crippen molar-refractivity contribution in [3.05, 3.63) is 47.0 Å². The molecule has 0 atom stereocenters. The molecule has 0 bridgehead atoms. The Labute approximate surface area is 128 Å². The summed E-state index contributed by atoms with van der Waals surface area (Å²) >= 11 is 7.51. The summed E-state index contributed by atoms with van der Waals surface area (Å²) in [7, 11) is 0. The predicted octanol–water partition coefficient (Wildman–Crippen LogP) is 3.20. The van der Waals surface area contributed by atoms with E-state index in [1.54, 1.807) is 11.3 Å². The van der Waals surface area contributed by atoms with Gasteiger partial charge in [-0.15, -0.1) is 22.9 Å². The van der Waals surface area contributed by atoms with Gasteiger partial charge < -0.3 is 4.90 Å². The van der Waals surface area contributed by atoms with E-state index < -0.39 is 0 Å². The van der Waals surface area contributed by atoms with Crippen molar-refractivity contribution in [1.82, 2.24) is 9.88 Å². The molecule has 0 saturated carbocycles. The van der Waals surface area contributed by atoms with E-state index in [4.69, 9.17) is 11.6 Å². The highest BCUT2D eigenvalue weighted by molar-refractivity contribution is 7.13. The third kappa shape index (κ3) is 3.32. The van der Waals surface area contributed by atoms with Gasteiger partial charge in [0, 0.05) is 38.1 Å². The first-order valence-electron chi connectivity index (χ1n) is 6.87. The first kappa shape index (κ1) is 13.9. The molecule has 1 aliphatic heterocycles. The lowest BCUT2D eigenvalue weighted by molar-refractivity contribution is 0.250. The molecule has 0 spiro atoms. The number of nitrogens with zero attached hydrogens (tertiary/aromatic N) is 3. The van der Waals surface area contributed by atoms with Crippen LogP contribution in [0.5, 0.6) is 0 Å². The molecule has 1 aromatic heterocycles. The van der Waals surface area contributed by atoms with Gasteiger partial charge in [0.25, 0.3) is 0 Å². The quantitative estimate of drug-likeness (QED) is 0.809. The van der Waals surface area contributed by atoms with E-state index in [0.29, 0.717) is 5.88 Å². The van der Waals surface area contributed by atoms with E-state index >= 15 is 0 Å². The Kier molecular flexibility index (Phi) is 4.55. The van der Waals surface area contributed by atoms with Crippen molar-refractivity contribution in [2.24, 2.45) is 0 Å². The van der Waals surface area contributed by atoms with Crippen molar-refractivity contribution < 1.29 is 0 Å². The van der Waals surface area contributed by atoms with E-state index in [-0.39, 0.29) is 0 Å². The zero-order valence-corrected chi connectivity index (χ0v) is 12.9. The van der Waals surface area contributed by atoms with Crippen LogP contribution in [-0.4, -0.2) is 36.1 Å². The van der Waals surface area contributed by atoms with Gasteiger partial charge in [0.15, 0.2) is 5.13 Å². The maximum Gasteiger partial charge on any atom is 0.185 e. The molecule has 0 unspecified atom stereocenters. The molecule has 1 fully saturated rings. The van der Waals surface area contributed by atoms with Crippen molar-refractivity contribution in [1.29, 1.82) is 0 Å². The molecular weight excluding hydrogens is 290 g/mol. The number of halogens is 1. The molecule has 1 aliphatic rings. The van der Waals surface area contributed by atoms with E-state index in [2.05, 4.69) is 50.5 Å². The molecular formula is C15H18ClN3S. The Morgan fingerprint density at radius 2 is 1.85 bits per heavy atom. The fraction of sp³-hybridized carbons (Fsp3) is 0.400. The van der Waals surface area contributed by atoms with Crippen LogP contribution in [0, 0.1) is 0 Å². The van der Waals surface area contributed by atoms with E-state index in [1.807, 2.05) is 0 Å². The van der Waals surface area contributed by atoms with Crippen LogP contribution in [0.4, 0.5) is 5.13 Å². The number of rotatable bonds is 4. The first-order chi connectivity index (χ1) is 9.85. The SMILES string of the molecule is ClCc1csc(N2CCN(Cc3ccccc3)CC2)n1. The van der Waals surface area contributed by atoms with Gasteiger partial charge in [0.2, 0.25) is 0 Å². The molecule has 2 heterocycles. The van der Waals surface area contributed by atoms with Crippen molar-refractivity contribution in [2.75, 3.05) is 31.1 Å². The summed E-state index contributed by atoms with van der Waals surface area (Å²) in [4.78, 5) is 9.42. The van der Waals surface area contributed by atoms with Crippen molar-refractivity contribution >= 4 is 28.1 Å². The van der Waals surface area contributed by atoms with Gasteiger partial charge in [-0.3, -0.25) is 4.90 Å². The molecule has 106 valence electrons. The second kappa shape index (κ2) is 6.57. The van der Waals surface area contributed by atoms with E-state index in [1.165, 1.54) is 5.56 Å². The topological polar surface area (TPSA) is 19.4 Å². The average Bonchev–Trinajstić information content (AvgIpc) is 2.98. The standard InChI is InChI=1S/C15H18ClN3S/c16-10-14-12-20-15(17-14)19-8-6-18(7-9-19)11-13-4-2-1-3-5-13/h1-5,12H,6-11H2. The van der Waals surface area contributed by atoms with E-state index in [9.17, 15) is 0 Å². The largest absolute Gasteiger partial charge is 0.346 e. The highest BCUT2D eigenvalue weighted by atomic mass is 35.5. The van der Waals surface area contributed by atoms with Crippen LogP contribution in [0.3, 0.4) is 0 Å². The Bertz CT molecular complexity index is 535. The molecule has 1 saturated heterocycles. The van der Waals surface area contributed by atoms with Crippen LogP contribution >= 0.6 is 22.9 Å². The van der Waals surface area contributed by atoms with Crippen molar-refractivity contribution in [3.63, 3.8) is 0 Å². The second-order valence-electron chi connectivity index (χ2n) is 5.00. The maximum absolute atomic E-state index is 5.81. The van der Waals surface area contributed by atoms with Crippen LogP contribution < -0.4 is 4.90 Å². The minimum atomic E-state index is 0.504. The fourth-order valence-electron chi connectivity index (χ4n) is 2.44. The van der Waals surface area contributed by atoms with Crippen LogP contribution in [0.2, 0.25) is 0 Å². The molecule has 1 aromatic carbocycles. The number of thiazole rings is 1. The van der Waals surface area contributed by atoms with Crippen molar-refractivity contribution in [3.8, 4) is 0 Å². The minimum absolute atomic E-state index is 0.504. The lowest BCUT2D eigenvalue weighted by atomic mass is 10.2. The average molecular weight is 308 g/mol. The summed E-state index contributed by atoms with van der Waals surface area (Å²) < 4.78 is 0. The number of hydrogen-bond acceptors (Lipinski definition) is 4. The number of alkyl halides is 1. The Balaban J connectivity index is 1.54. The van der Waals surface area contributed by atoms with Gasteiger partial charge in [-0.05, 0) is 5.56 Å². The zero-order chi connectivity index (χ0) is 13.8. The smallest absolute Gasteiger partial charge is 0.185 e. The summed E-state index contributed by atoms with van der Waals surface area (Å²) in [6.07, 6.45) is 0. The Hall–Kier alpha value is -1.10. The Morgan fingerprint density at radius 1 is 1.10 bits per heavy atom. The third-order valence-corrected chi connectivity index (χ3v) is 4.79. The summed E-state index contributed by atoms with van der Waals surface area (Å²) in [6.45, 7) is 5.30. The molecule has 20 heavy (non-hydrogen) atoms. The highest BCUT2D eigenvalue weighted by Gasteiger charge is 2.19.